The van der Waals surface area contributed by atoms with Gasteiger partial charge in [0.2, 0.25) is 0 Å². The van der Waals surface area contributed by atoms with Gasteiger partial charge in [0.1, 0.15) is 0 Å². The third-order valence-electron chi connectivity index (χ3n) is 3.22. The van der Waals surface area contributed by atoms with Gasteiger partial charge in [0.25, 0.3) is 0 Å². The van der Waals surface area contributed by atoms with Gasteiger partial charge in [-0.2, -0.15) is 0 Å². The van der Waals surface area contributed by atoms with Crippen molar-refractivity contribution in [3.05, 3.63) is 34.5 Å². The van der Waals surface area contributed by atoms with Gasteiger partial charge in [-0.1, -0.05) is 6.07 Å². The van der Waals surface area contributed by atoms with Crippen LogP contribution in [0.25, 0.3) is 10.9 Å². The number of H-pyrrole nitrogens is 1. The molecule has 1 aromatic heterocycles. The van der Waals surface area contributed by atoms with Gasteiger partial charge in [0.15, 0.2) is 0 Å². The van der Waals surface area contributed by atoms with Crippen molar-refractivity contribution in [3.8, 4) is 0 Å². The molecule has 1 heterocycles. The van der Waals surface area contributed by atoms with Gasteiger partial charge in [-0.05, 0) is 62.9 Å². The number of nitrogens with two attached hydrogens (primary N) is 1. The van der Waals surface area contributed by atoms with Crippen LogP contribution >= 0.6 is 0 Å². The molecule has 0 fully saturated rings. The first-order valence-corrected chi connectivity index (χ1v) is 5.92. The van der Waals surface area contributed by atoms with E-state index in [0.29, 0.717) is 0 Å². The van der Waals surface area contributed by atoms with Gasteiger partial charge in [-0.25, -0.2) is 0 Å². The maximum absolute atomic E-state index is 5.56. The Hall–Kier alpha value is -1.28. The van der Waals surface area contributed by atoms with Crippen LogP contribution in [0.5, 0.6) is 0 Å². The Kier molecular flexibility index (Phi) is 3.01. The first-order chi connectivity index (χ1) is 7.63. The molecule has 0 unspecified atom stereocenters. The molecule has 1 aromatic carbocycles. The molecule has 0 spiro atoms. The first-order valence-electron chi connectivity index (χ1n) is 5.92. The first kappa shape index (κ1) is 11.2. The minimum absolute atomic E-state index is 0.757. The van der Waals surface area contributed by atoms with Crippen LogP contribution in [0.4, 0.5) is 0 Å². The van der Waals surface area contributed by atoms with Crippen molar-refractivity contribution < 1.29 is 0 Å². The van der Waals surface area contributed by atoms with Crippen LogP contribution in [0, 0.1) is 20.8 Å². The van der Waals surface area contributed by atoms with Crippen LogP contribution in [0.3, 0.4) is 0 Å². The Morgan fingerprint density at radius 3 is 2.62 bits per heavy atom. The summed E-state index contributed by atoms with van der Waals surface area (Å²) in [5.41, 5.74) is 12.2. The third-order valence-corrected chi connectivity index (χ3v) is 3.22. The largest absolute Gasteiger partial charge is 0.358 e. The molecule has 16 heavy (non-hydrogen) atoms. The van der Waals surface area contributed by atoms with Crippen LogP contribution in [-0.4, -0.2) is 11.5 Å². The predicted molar refractivity (Wildman–Crippen MR) is 69.9 cm³/mol. The van der Waals surface area contributed by atoms with Gasteiger partial charge in [0.05, 0.1) is 0 Å². The molecule has 0 saturated heterocycles. The molecule has 0 atom stereocenters. The fourth-order valence-corrected chi connectivity index (χ4v) is 2.50. The summed E-state index contributed by atoms with van der Waals surface area (Å²) in [5, 5.41) is 1.39. The Bertz CT molecular complexity index is 509. The number of fused-ring (bicyclic) bond motifs is 1. The Morgan fingerprint density at radius 2 is 1.94 bits per heavy atom. The maximum atomic E-state index is 5.56. The highest BCUT2D eigenvalue weighted by Gasteiger charge is 2.09. The average molecular weight is 216 g/mol. The van der Waals surface area contributed by atoms with Crippen LogP contribution in [0.2, 0.25) is 0 Å². The fraction of sp³-hybridized carbons (Fsp3) is 0.429. The molecular weight excluding hydrogens is 196 g/mol. The number of aromatic nitrogens is 1. The van der Waals surface area contributed by atoms with E-state index < -0.39 is 0 Å². The molecule has 2 aromatic rings. The molecular formula is C14H20N2. The van der Waals surface area contributed by atoms with E-state index in [0.717, 1.165) is 19.4 Å². The second-order valence-electron chi connectivity index (χ2n) is 4.63. The summed E-state index contributed by atoms with van der Waals surface area (Å²) in [6.45, 7) is 7.28. The quantitative estimate of drug-likeness (QED) is 0.813. The fourth-order valence-electron chi connectivity index (χ4n) is 2.50. The van der Waals surface area contributed by atoms with Crippen molar-refractivity contribution in [3.63, 3.8) is 0 Å². The molecule has 2 rings (SSSR count). The molecule has 0 saturated carbocycles. The molecule has 0 radical (unpaired) electrons. The van der Waals surface area contributed by atoms with E-state index in [1.165, 1.54) is 33.3 Å². The van der Waals surface area contributed by atoms with E-state index in [1.807, 2.05) is 0 Å². The SMILES string of the molecule is Cc1cc(C)c2c(C)c(CCCN)[nH]c2c1. The molecule has 0 aliphatic heterocycles. The summed E-state index contributed by atoms with van der Waals surface area (Å²) in [6.07, 6.45) is 2.10. The normalized spacial score (nSPS) is 11.2. The monoisotopic (exact) mass is 216 g/mol. The molecule has 0 amide bonds. The zero-order valence-corrected chi connectivity index (χ0v) is 10.4. The Balaban J connectivity index is 2.54. The number of hydrogen-bond donors (Lipinski definition) is 2. The number of hydrogen-bond acceptors (Lipinski definition) is 1. The number of aryl methyl sites for hydroxylation is 4. The zero-order valence-electron chi connectivity index (χ0n) is 10.4. The molecule has 0 bridgehead atoms. The Labute approximate surface area is 96.9 Å². The second-order valence-corrected chi connectivity index (χ2v) is 4.63. The number of rotatable bonds is 3. The van der Waals surface area contributed by atoms with Crippen LogP contribution in [0.1, 0.15) is 28.8 Å². The number of nitrogens with one attached hydrogen (secondary N) is 1. The van der Waals surface area contributed by atoms with E-state index in [2.05, 4.69) is 37.9 Å². The summed E-state index contributed by atoms with van der Waals surface area (Å²) in [5.74, 6) is 0. The van der Waals surface area contributed by atoms with E-state index in [4.69, 9.17) is 5.73 Å². The van der Waals surface area contributed by atoms with Crippen LogP contribution in [0.15, 0.2) is 12.1 Å². The topological polar surface area (TPSA) is 41.8 Å². The highest BCUT2D eigenvalue weighted by molar-refractivity contribution is 5.88. The lowest BCUT2D eigenvalue weighted by atomic mass is 10.0. The van der Waals surface area contributed by atoms with Crippen molar-refractivity contribution in [2.45, 2.75) is 33.6 Å². The second kappa shape index (κ2) is 4.30. The minimum atomic E-state index is 0.757. The maximum Gasteiger partial charge on any atom is 0.0464 e. The van der Waals surface area contributed by atoms with Gasteiger partial charge in [-0.15, -0.1) is 0 Å². The van der Waals surface area contributed by atoms with Crippen molar-refractivity contribution >= 4 is 10.9 Å². The number of benzene rings is 1. The summed E-state index contributed by atoms with van der Waals surface area (Å²) >= 11 is 0. The van der Waals surface area contributed by atoms with Crippen molar-refractivity contribution in [2.75, 3.05) is 6.54 Å². The van der Waals surface area contributed by atoms with E-state index in [-0.39, 0.29) is 0 Å². The standard InChI is InChI=1S/C14H20N2/c1-9-7-10(2)14-11(3)12(5-4-6-15)16-13(14)8-9/h7-8,16H,4-6,15H2,1-3H3. The molecule has 2 heteroatoms. The lowest BCUT2D eigenvalue weighted by Crippen LogP contribution is -2.01. The smallest absolute Gasteiger partial charge is 0.0464 e. The van der Waals surface area contributed by atoms with Crippen molar-refractivity contribution in [1.29, 1.82) is 0 Å². The lowest BCUT2D eigenvalue weighted by Gasteiger charge is -2.00. The number of aromatic amines is 1. The predicted octanol–water partition coefficient (Wildman–Crippen LogP) is 2.98. The molecule has 0 aliphatic carbocycles. The third kappa shape index (κ3) is 1.85. The van der Waals surface area contributed by atoms with Gasteiger partial charge in [-0.3, -0.25) is 0 Å². The highest BCUT2D eigenvalue weighted by Crippen LogP contribution is 2.26. The zero-order chi connectivity index (χ0) is 11.7. The van der Waals surface area contributed by atoms with E-state index in [9.17, 15) is 0 Å². The molecule has 0 aliphatic rings. The summed E-state index contributed by atoms with van der Waals surface area (Å²) in [6, 6.07) is 4.47. The Morgan fingerprint density at radius 1 is 1.19 bits per heavy atom. The molecule has 3 N–H and O–H groups in total. The van der Waals surface area contributed by atoms with Gasteiger partial charge >= 0.3 is 0 Å². The van der Waals surface area contributed by atoms with Crippen molar-refractivity contribution in [2.24, 2.45) is 5.73 Å². The van der Waals surface area contributed by atoms with Crippen LogP contribution < -0.4 is 5.73 Å². The minimum Gasteiger partial charge on any atom is -0.358 e. The molecule has 2 nitrogen and oxygen atoms in total. The highest BCUT2D eigenvalue weighted by atomic mass is 14.7. The summed E-state index contributed by atoms with van der Waals surface area (Å²) < 4.78 is 0. The molecule has 86 valence electrons. The summed E-state index contributed by atoms with van der Waals surface area (Å²) in [7, 11) is 0. The van der Waals surface area contributed by atoms with E-state index >= 15 is 0 Å². The van der Waals surface area contributed by atoms with Crippen molar-refractivity contribution in [1.82, 2.24) is 4.98 Å². The van der Waals surface area contributed by atoms with Gasteiger partial charge < -0.3 is 10.7 Å². The van der Waals surface area contributed by atoms with Gasteiger partial charge in [0, 0.05) is 16.6 Å². The lowest BCUT2D eigenvalue weighted by molar-refractivity contribution is 0.813. The van der Waals surface area contributed by atoms with Crippen LogP contribution in [-0.2, 0) is 6.42 Å². The summed E-state index contributed by atoms with van der Waals surface area (Å²) in [4.78, 5) is 3.52. The average Bonchev–Trinajstić information content (AvgIpc) is 2.52. The van der Waals surface area contributed by atoms with E-state index in [1.54, 1.807) is 0 Å².